The zero-order chi connectivity index (χ0) is 17.7. The quantitative estimate of drug-likeness (QED) is 0.651. The number of aromatic nitrogens is 1. The number of ketones is 1. The van der Waals surface area contributed by atoms with Crippen LogP contribution in [-0.4, -0.2) is 16.7 Å². The molecule has 0 saturated carbocycles. The molecule has 0 unspecified atom stereocenters. The van der Waals surface area contributed by atoms with Gasteiger partial charge in [0, 0.05) is 34.0 Å². The van der Waals surface area contributed by atoms with Crippen LogP contribution in [0.3, 0.4) is 0 Å². The van der Waals surface area contributed by atoms with Gasteiger partial charge in [0.1, 0.15) is 0 Å². The Labute approximate surface area is 146 Å². The van der Waals surface area contributed by atoms with Crippen LogP contribution >= 0.6 is 11.6 Å². The van der Waals surface area contributed by atoms with E-state index >= 15 is 0 Å². The molecule has 0 aliphatic carbocycles. The van der Waals surface area contributed by atoms with E-state index < -0.39 is 5.41 Å². The normalized spacial score (nSPS) is 11.5. The van der Waals surface area contributed by atoms with Crippen molar-refractivity contribution in [3.05, 3.63) is 65.0 Å². The van der Waals surface area contributed by atoms with E-state index in [9.17, 15) is 9.59 Å². The maximum absolute atomic E-state index is 12.2. The summed E-state index contributed by atoms with van der Waals surface area (Å²) in [6, 6.07) is 8.38. The van der Waals surface area contributed by atoms with Crippen LogP contribution in [0.5, 0.6) is 0 Å². The molecule has 24 heavy (non-hydrogen) atoms. The van der Waals surface area contributed by atoms with E-state index in [1.54, 1.807) is 48.8 Å². The molecule has 0 bridgehead atoms. The van der Waals surface area contributed by atoms with E-state index in [1.165, 1.54) is 6.08 Å². The van der Waals surface area contributed by atoms with Crippen molar-refractivity contribution in [3.8, 4) is 0 Å². The molecule has 1 aromatic heterocycles. The van der Waals surface area contributed by atoms with Crippen molar-refractivity contribution in [1.82, 2.24) is 4.98 Å². The first kappa shape index (κ1) is 17.9. The summed E-state index contributed by atoms with van der Waals surface area (Å²) in [7, 11) is 0. The fourth-order valence-corrected chi connectivity index (χ4v) is 1.96. The number of nitrogens with zero attached hydrogens (tertiary/aromatic N) is 1. The second-order valence-electron chi connectivity index (χ2n) is 6.37. The molecule has 5 heteroatoms. The summed E-state index contributed by atoms with van der Waals surface area (Å²) in [5.74, 6) is -0.254. The summed E-state index contributed by atoms with van der Waals surface area (Å²) in [6.45, 7) is 5.51. The van der Waals surface area contributed by atoms with E-state index in [1.807, 2.05) is 20.8 Å². The lowest BCUT2D eigenvalue weighted by Crippen LogP contribution is -2.27. The highest BCUT2D eigenvalue weighted by atomic mass is 35.5. The van der Waals surface area contributed by atoms with Gasteiger partial charge in [0.25, 0.3) is 0 Å². The molecule has 0 fully saturated rings. The van der Waals surface area contributed by atoms with Crippen LogP contribution in [-0.2, 0) is 4.79 Å². The Balaban J connectivity index is 2.19. The highest BCUT2D eigenvalue weighted by Gasteiger charge is 2.21. The van der Waals surface area contributed by atoms with Crippen molar-refractivity contribution >= 4 is 35.1 Å². The Hall–Kier alpha value is -2.46. The number of halogens is 1. The van der Waals surface area contributed by atoms with Gasteiger partial charge in [-0.05, 0) is 42.5 Å². The third kappa shape index (κ3) is 4.77. The maximum Gasteiger partial charge on any atom is 0.229 e. The minimum absolute atomic E-state index is 0.104. The van der Waals surface area contributed by atoms with Crippen molar-refractivity contribution in [2.24, 2.45) is 5.41 Å². The summed E-state index contributed by atoms with van der Waals surface area (Å²) < 4.78 is 0. The number of benzene rings is 1. The van der Waals surface area contributed by atoms with Crippen LogP contribution in [0.25, 0.3) is 6.08 Å². The van der Waals surface area contributed by atoms with Crippen LogP contribution < -0.4 is 5.32 Å². The van der Waals surface area contributed by atoms with Gasteiger partial charge in [0.2, 0.25) is 5.91 Å². The van der Waals surface area contributed by atoms with Crippen LogP contribution in [0.2, 0.25) is 5.02 Å². The Kier molecular flexibility index (Phi) is 5.52. The molecule has 0 spiro atoms. The monoisotopic (exact) mass is 342 g/mol. The van der Waals surface area contributed by atoms with Gasteiger partial charge >= 0.3 is 0 Å². The molecule has 0 aliphatic heterocycles. The Bertz CT molecular complexity index is 775. The Morgan fingerprint density at radius 1 is 1.12 bits per heavy atom. The van der Waals surface area contributed by atoms with E-state index in [2.05, 4.69) is 10.3 Å². The minimum Gasteiger partial charge on any atom is -0.325 e. The van der Waals surface area contributed by atoms with E-state index in [0.717, 1.165) is 0 Å². The molecule has 2 aromatic rings. The second-order valence-corrected chi connectivity index (χ2v) is 6.81. The predicted molar refractivity (Wildman–Crippen MR) is 97.1 cm³/mol. The van der Waals surface area contributed by atoms with E-state index in [0.29, 0.717) is 21.8 Å². The molecular weight excluding hydrogens is 324 g/mol. The zero-order valence-electron chi connectivity index (χ0n) is 13.8. The number of carbonyl (C=O) groups is 2. The summed E-state index contributed by atoms with van der Waals surface area (Å²) in [6.07, 6.45) is 6.29. The summed E-state index contributed by atoms with van der Waals surface area (Å²) >= 11 is 5.82. The van der Waals surface area contributed by atoms with E-state index in [4.69, 9.17) is 11.6 Å². The first-order chi connectivity index (χ1) is 11.3. The van der Waals surface area contributed by atoms with Crippen molar-refractivity contribution in [1.29, 1.82) is 0 Å². The number of rotatable bonds is 4. The number of hydrogen-bond donors (Lipinski definition) is 1. The number of pyridine rings is 1. The van der Waals surface area contributed by atoms with Gasteiger partial charge in [-0.15, -0.1) is 0 Å². The second kappa shape index (κ2) is 7.41. The van der Waals surface area contributed by atoms with Crippen LogP contribution in [0, 0.1) is 5.41 Å². The SMILES string of the molecule is CC(C)(C)C(=O)Nc1ccncc1C=CC(=O)c1ccc(Cl)cc1. The highest BCUT2D eigenvalue weighted by Crippen LogP contribution is 2.21. The molecule has 1 N–H and O–H groups in total. The van der Waals surface area contributed by atoms with Crippen molar-refractivity contribution in [2.45, 2.75) is 20.8 Å². The average Bonchev–Trinajstić information content (AvgIpc) is 2.53. The van der Waals surface area contributed by atoms with Crippen molar-refractivity contribution in [2.75, 3.05) is 5.32 Å². The van der Waals surface area contributed by atoms with Crippen LogP contribution in [0.15, 0.2) is 48.8 Å². The average molecular weight is 343 g/mol. The summed E-state index contributed by atoms with van der Waals surface area (Å²) in [5, 5.41) is 3.44. The molecule has 4 nitrogen and oxygen atoms in total. The van der Waals surface area contributed by atoms with Gasteiger partial charge in [0.05, 0.1) is 5.69 Å². The highest BCUT2D eigenvalue weighted by molar-refractivity contribution is 6.30. The van der Waals surface area contributed by atoms with Gasteiger partial charge < -0.3 is 5.32 Å². The minimum atomic E-state index is -0.511. The smallest absolute Gasteiger partial charge is 0.229 e. The third-order valence-electron chi connectivity index (χ3n) is 3.32. The predicted octanol–water partition coefficient (Wildman–Crippen LogP) is 4.62. The van der Waals surface area contributed by atoms with E-state index in [-0.39, 0.29) is 11.7 Å². The lowest BCUT2D eigenvalue weighted by Gasteiger charge is -2.18. The fraction of sp³-hybridized carbons (Fsp3) is 0.211. The molecule has 0 saturated heterocycles. The van der Waals surface area contributed by atoms with Gasteiger partial charge in [-0.2, -0.15) is 0 Å². The number of nitrogens with one attached hydrogen (secondary N) is 1. The third-order valence-corrected chi connectivity index (χ3v) is 3.58. The summed E-state index contributed by atoms with van der Waals surface area (Å²) in [5.41, 5.74) is 1.31. The molecule has 0 atom stereocenters. The number of anilines is 1. The molecule has 1 amide bonds. The van der Waals surface area contributed by atoms with Crippen LogP contribution in [0.4, 0.5) is 5.69 Å². The molecule has 2 rings (SSSR count). The Morgan fingerprint density at radius 3 is 2.42 bits per heavy atom. The number of allylic oxidation sites excluding steroid dienone is 1. The van der Waals surface area contributed by atoms with Gasteiger partial charge in [-0.1, -0.05) is 32.4 Å². The first-order valence-electron chi connectivity index (χ1n) is 7.51. The molecule has 0 aliphatic rings. The fourth-order valence-electron chi connectivity index (χ4n) is 1.84. The molecular formula is C19H19ClN2O2. The molecule has 1 aromatic carbocycles. The van der Waals surface area contributed by atoms with Gasteiger partial charge in [-0.25, -0.2) is 0 Å². The van der Waals surface area contributed by atoms with Crippen LogP contribution in [0.1, 0.15) is 36.7 Å². The topological polar surface area (TPSA) is 59.1 Å². The van der Waals surface area contributed by atoms with Gasteiger partial charge in [-0.3, -0.25) is 14.6 Å². The van der Waals surface area contributed by atoms with Gasteiger partial charge in [0.15, 0.2) is 5.78 Å². The molecule has 0 radical (unpaired) electrons. The molecule has 1 heterocycles. The lowest BCUT2D eigenvalue weighted by atomic mass is 9.95. The number of amides is 1. The Morgan fingerprint density at radius 2 is 1.79 bits per heavy atom. The van der Waals surface area contributed by atoms with Crippen molar-refractivity contribution in [3.63, 3.8) is 0 Å². The number of carbonyl (C=O) groups excluding carboxylic acids is 2. The standard InChI is InChI=1S/C19H19ClN2O2/c1-19(2,3)18(24)22-16-10-11-21-12-14(16)6-9-17(23)13-4-7-15(20)8-5-13/h4-12H,1-3H3,(H,21,22,24). The summed E-state index contributed by atoms with van der Waals surface area (Å²) in [4.78, 5) is 28.4. The molecule has 124 valence electrons. The lowest BCUT2D eigenvalue weighted by molar-refractivity contribution is -0.123. The first-order valence-corrected chi connectivity index (χ1v) is 7.88. The maximum atomic E-state index is 12.2. The van der Waals surface area contributed by atoms with Crippen molar-refractivity contribution < 1.29 is 9.59 Å². The zero-order valence-corrected chi connectivity index (χ0v) is 14.6. The number of hydrogen-bond acceptors (Lipinski definition) is 3. The largest absolute Gasteiger partial charge is 0.325 e.